The third-order valence-electron chi connectivity index (χ3n) is 3.24. The molecule has 0 bridgehead atoms. The summed E-state index contributed by atoms with van der Waals surface area (Å²) in [5.74, 6) is 0. The smallest absolute Gasteiger partial charge is 0.0655 e. The monoisotopic (exact) mass is 201 g/mol. The molecule has 1 aliphatic carbocycles. The van der Waals surface area contributed by atoms with E-state index in [2.05, 4.69) is 26.1 Å². The van der Waals surface area contributed by atoms with Gasteiger partial charge in [0.05, 0.1) is 12.7 Å². The van der Waals surface area contributed by atoms with E-state index in [9.17, 15) is 0 Å². The lowest BCUT2D eigenvalue weighted by atomic mass is 9.64. The first-order chi connectivity index (χ1) is 6.62. The van der Waals surface area contributed by atoms with Crippen LogP contribution in [0.3, 0.4) is 0 Å². The molecule has 0 aromatic rings. The van der Waals surface area contributed by atoms with Crippen LogP contribution < -0.4 is 5.32 Å². The van der Waals surface area contributed by atoms with Gasteiger partial charge in [0.15, 0.2) is 0 Å². The van der Waals surface area contributed by atoms with Gasteiger partial charge in [0.25, 0.3) is 0 Å². The van der Waals surface area contributed by atoms with Crippen LogP contribution in [0.5, 0.6) is 0 Å². The van der Waals surface area contributed by atoms with Crippen LogP contribution >= 0.6 is 0 Å². The molecule has 1 N–H and O–H groups in total. The fraction of sp³-hybridized carbons (Fsp3) is 1.00. The standard InChI is InChI=1S/C11H23NO2/c1-5-14-10-8-9(11(10,2)3)12-6-7-13-4/h9-10,12H,5-8H2,1-4H3. The second-order valence-corrected chi connectivity index (χ2v) is 4.50. The second-order valence-electron chi connectivity index (χ2n) is 4.50. The average Bonchev–Trinajstić information content (AvgIpc) is 2.15. The zero-order valence-electron chi connectivity index (χ0n) is 9.80. The molecule has 3 heteroatoms. The number of methoxy groups -OCH3 is 1. The number of hydrogen-bond acceptors (Lipinski definition) is 3. The zero-order valence-corrected chi connectivity index (χ0v) is 9.80. The maximum atomic E-state index is 5.66. The molecule has 84 valence electrons. The van der Waals surface area contributed by atoms with Crippen molar-refractivity contribution >= 4 is 0 Å². The van der Waals surface area contributed by atoms with Gasteiger partial charge in [-0.3, -0.25) is 0 Å². The first-order valence-corrected chi connectivity index (χ1v) is 5.46. The van der Waals surface area contributed by atoms with Crippen molar-refractivity contribution in [2.45, 2.75) is 39.3 Å². The fourth-order valence-corrected chi connectivity index (χ4v) is 2.05. The van der Waals surface area contributed by atoms with Crippen LogP contribution in [-0.2, 0) is 9.47 Å². The normalized spacial score (nSPS) is 30.0. The Morgan fingerprint density at radius 1 is 1.43 bits per heavy atom. The van der Waals surface area contributed by atoms with Gasteiger partial charge in [-0.1, -0.05) is 13.8 Å². The Morgan fingerprint density at radius 2 is 2.14 bits per heavy atom. The molecule has 1 aliphatic rings. The first-order valence-electron chi connectivity index (χ1n) is 5.46. The van der Waals surface area contributed by atoms with Crippen LogP contribution in [0.25, 0.3) is 0 Å². The summed E-state index contributed by atoms with van der Waals surface area (Å²) in [5.41, 5.74) is 0.268. The highest BCUT2D eigenvalue weighted by Crippen LogP contribution is 2.42. The summed E-state index contributed by atoms with van der Waals surface area (Å²) < 4.78 is 10.7. The predicted octanol–water partition coefficient (Wildman–Crippen LogP) is 1.43. The molecular formula is C11H23NO2. The van der Waals surface area contributed by atoms with E-state index in [-0.39, 0.29) is 5.41 Å². The van der Waals surface area contributed by atoms with Crippen molar-refractivity contribution in [1.29, 1.82) is 0 Å². The largest absolute Gasteiger partial charge is 0.383 e. The molecule has 1 saturated carbocycles. The van der Waals surface area contributed by atoms with Gasteiger partial charge < -0.3 is 14.8 Å². The summed E-state index contributed by atoms with van der Waals surface area (Å²) in [5, 5.41) is 3.49. The third kappa shape index (κ3) is 2.47. The van der Waals surface area contributed by atoms with E-state index in [1.807, 2.05) is 0 Å². The molecule has 0 amide bonds. The number of nitrogens with one attached hydrogen (secondary N) is 1. The van der Waals surface area contributed by atoms with E-state index in [1.54, 1.807) is 7.11 Å². The lowest BCUT2D eigenvalue weighted by Gasteiger charge is -2.52. The summed E-state index contributed by atoms with van der Waals surface area (Å²) >= 11 is 0. The Morgan fingerprint density at radius 3 is 2.64 bits per heavy atom. The Hall–Kier alpha value is -0.120. The average molecular weight is 201 g/mol. The van der Waals surface area contributed by atoms with Crippen LogP contribution in [0, 0.1) is 5.41 Å². The molecular weight excluding hydrogens is 178 g/mol. The van der Waals surface area contributed by atoms with Crippen molar-refractivity contribution in [2.24, 2.45) is 5.41 Å². The summed E-state index contributed by atoms with van der Waals surface area (Å²) in [7, 11) is 1.73. The van der Waals surface area contributed by atoms with Gasteiger partial charge in [0.2, 0.25) is 0 Å². The molecule has 0 aliphatic heterocycles. The van der Waals surface area contributed by atoms with E-state index >= 15 is 0 Å². The van der Waals surface area contributed by atoms with Gasteiger partial charge in [0.1, 0.15) is 0 Å². The Bertz CT molecular complexity index is 169. The molecule has 0 aromatic carbocycles. The van der Waals surface area contributed by atoms with E-state index < -0.39 is 0 Å². The SMILES string of the molecule is CCOC1CC(NCCOC)C1(C)C. The Labute approximate surface area is 87.2 Å². The minimum absolute atomic E-state index is 0.268. The highest BCUT2D eigenvalue weighted by molar-refractivity contribution is 5.02. The topological polar surface area (TPSA) is 30.5 Å². The maximum absolute atomic E-state index is 5.66. The summed E-state index contributed by atoms with van der Waals surface area (Å²) in [6.45, 7) is 9.12. The molecule has 0 heterocycles. The van der Waals surface area contributed by atoms with E-state index in [4.69, 9.17) is 9.47 Å². The van der Waals surface area contributed by atoms with Crippen LogP contribution in [0.4, 0.5) is 0 Å². The van der Waals surface area contributed by atoms with Crippen LogP contribution in [0.15, 0.2) is 0 Å². The zero-order chi connectivity index (χ0) is 10.6. The number of hydrogen-bond donors (Lipinski definition) is 1. The van der Waals surface area contributed by atoms with Crippen LogP contribution in [0.2, 0.25) is 0 Å². The minimum atomic E-state index is 0.268. The fourth-order valence-electron chi connectivity index (χ4n) is 2.05. The second kappa shape index (κ2) is 5.10. The van der Waals surface area contributed by atoms with Gasteiger partial charge in [-0.25, -0.2) is 0 Å². The van der Waals surface area contributed by atoms with Crippen molar-refractivity contribution in [2.75, 3.05) is 26.9 Å². The van der Waals surface area contributed by atoms with Crippen molar-refractivity contribution in [3.8, 4) is 0 Å². The molecule has 0 radical (unpaired) electrons. The van der Waals surface area contributed by atoms with Gasteiger partial charge in [-0.2, -0.15) is 0 Å². The Kier molecular flexibility index (Phi) is 4.35. The number of ether oxygens (including phenoxy) is 2. The molecule has 14 heavy (non-hydrogen) atoms. The van der Waals surface area contributed by atoms with Crippen molar-refractivity contribution < 1.29 is 9.47 Å². The van der Waals surface area contributed by atoms with E-state index in [1.165, 1.54) is 0 Å². The molecule has 0 spiro atoms. The minimum Gasteiger partial charge on any atom is -0.383 e. The number of rotatable bonds is 6. The van der Waals surface area contributed by atoms with Gasteiger partial charge in [-0.15, -0.1) is 0 Å². The van der Waals surface area contributed by atoms with E-state index in [0.29, 0.717) is 12.1 Å². The molecule has 0 aromatic heterocycles. The van der Waals surface area contributed by atoms with Crippen molar-refractivity contribution in [3.05, 3.63) is 0 Å². The highest BCUT2D eigenvalue weighted by atomic mass is 16.5. The van der Waals surface area contributed by atoms with Gasteiger partial charge in [0, 0.05) is 31.7 Å². The molecule has 1 fully saturated rings. The lowest BCUT2D eigenvalue weighted by Crippen LogP contribution is -2.61. The van der Waals surface area contributed by atoms with Crippen LogP contribution in [0.1, 0.15) is 27.2 Å². The van der Waals surface area contributed by atoms with Crippen molar-refractivity contribution in [1.82, 2.24) is 5.32 Å². The van der Waals surface area contributed by atoms with Crippen LogP contribution in [-0.4, -0.2) is 39.0 Å². The van der Waals surface area contributed by atoms with Gasteiger partial charge in [-0.05, 0) is 13.3 Å². The molecule has 3 nitrogen and oxygen atoms in total. The maximum Gasteiger partial charge on any atom is 0.0655 e. The summed E-state index contributed by atoms with van der Waals surface area (Å²) in [6, 6.07) is 0.578. The quantitative estimate of drug-likeness (QED) is 0.659. The van der Waals surface area contributed by atoms with E-state index in [0.717, 1.165) is 26.2 Å². The Balaban J connectivity index is 2.24. The molecule has 2 unspecified atom stereocenters. The lowest BCUT2D eigenvalue weighted by molar-refractivity contribution is -0.114. The molecule has 2 atom stereocenters. The predicted molar refractivity (Wildman–Crippen MR) is 57.5 cm³/mol. The van der Waals surface area contributed by atoms with Crippen molar-refractivity contribution in [3.63, 3.8) is 0 Å². The molecule has 1 rings (SSSR count). The first kappa shape index (κ1) is 12.0. The summed E-state index contributed by atoms with van der Waals surface area (Å²) in [6.07, 6.45) is 1.55. The molecule has 0 saturated heterocycles. The third-order valence-corrected chi connectivity index (χ3v) is 3.24. The highest BCUT2D eigenvalue weighted by Gasteiger charge is 2.48. The summed E-state index contributed by atoms with van der Waals surface area (Å²) in [4.78, 5) is 0. The van der Waals surface area contributed by atoms with Gasteiger partial charge >= 0.3 is 0 Å².